The molecule has 3 nitrogen and oxygen atoms in total. The number of ether oxygens (including phenoxy) is 2. The molecule has 1 aliphatic rings. The van der Waals surface area contributed by atoms with Crippen molar-refractivity contribution in [1.82, 2.24) is 5.32 Å². The van der Waals surface area contributed by atoms with Crippen molar-refractivity contribution in [2.75, 3.05) is 32.9 Å². The van der Waals surface area contributed by atoms with Crippen molar-refractivity contribution >= 4 is 0 Å². The average molecular weight is 257 g/mol. The maximum absolute atomic E-state index is 5.94. The second kappa shape index (κ2) is 9.76. The summed E-state index contributed by atoms with van der Waals surface area (Å²) in [6.45, 7) is 11.3. The van der Waals surface area contributed by atoms with Gasteiger partial charge in [-0.15, -0.1) is 0 Å². The van der Waals surface area contributed by atoms with E-state index >= 15 is 0 Å². The van der Waals surface area contributed by atoms with Gasteiger partial charge in [0.25, 0.3) is 0 Å². The molecule has 0 spiro atoms. The molecular weight excluding hydrogens is 226 g/mol. The zero-order valence-electron chi connectivity index (χ0n) is 12.4. The van der Waals surface area contributed by atoms with Gasteiger partial charge in [-0.2, -0.15) is 0 Å². The fourth-order valence-corrected chi connectivity index (χ4v) is 2.52. The second-order valence-corrected chi connectivity index (χ2v) is 5.56. The average Bonchev–Trinajstić information content (AvgIpc) is 2.37. The lowest BCUT2D eigenvalue weighted by Crippen LogP contribution is -2.29. The molecular formula is C15H31NO2. The highest BCUT2D eigenvalue weighted by Gasteiger charge is 2.24. The molecule has 3 heteroatoms. The molecule has 0 aromatic heterocycles. The van der Waals surface area contributed by atoms with Gasteiger partial charge in [0.2, 0.25) is 0 Å². The van der Waals surface area contributed by atoms with Gasteiger partial charge in [0, 0.05) is 19.8 Å². The van der Waals surface area contributed by atoms with Gasteiger partial charge in [-0.05, 0) is 51.0 Å². The van der Waals surface area contributed by atoms with Crippen LogP contribution in [0.1, 0.15) is 46.5 Å². The van der Waals surface area contributed by atoms with Crippen molar-refractivity contribution in [2.24, 2.45) is 11.8 Å². The summed E-state index contributed by atoms with van der Waals surface area (Å²) in [6, 6.07) is 0. The summed E-state index contributed by atoms with van der Waals surface area (Å²) in [5.74, 6) is 1.70. The van der Waals surface area contributed by atoms with Crippen LogP contribution < -0.4 is 5.32 Å². The summed E-state index contributed by atoms with van der Waals surface area (Å²) in [5, 5.41) is 3.40. The number of hydrogen-bond acceptors (Lipinski definition) is 3. The summed E-state index contributed by atoms with van der Waals surface area (Å²) in [5.41, 5.74) is 0. The SMILES string of the molecule is CCOCCCNCCOC1CCC(C)C(C)C1. The van der Waals surface area contributed by atoms with E-state index in [1.165, 1.54) is 19.3 Å². The van der Waals surface area contributed by atoms with Crippen molar-refractivity contribution < 1.29 is 9.47 Å². The van der Waals surface area contributed by atoms with Gasteiger partial charge in [0.1, 0.15) is 0 Å². The molecule has 1 rings (SSSR count). The maximum Gasteiger partial charge on any atom is 0.0594 e. The van der Waals surface area contributed by atoms with Gasteiger partial charge >= 0.3 is 0 Å². The molecule has 3 unspecified atom stereocenters. The maximum atomic E-state index is 5.94. The Kier molecular flexibility index (Phi) is 8.64. The molecule has 1 saturated carbocycles. The van der Waals surface area contributed by atoms with E-state index in [1.807, 2.05) is 6.92 Å². The standard InChI is InChI=1S/C15H31NO2/c1-4-17-10-5-8-16-9-11-18-15-7-6-13(2)14(3)12-15/h13-16H,4-12H2,1-3H3. The summed E-state index contributed by atoms with van der Waals surface area (Å²) < 4.78 is 11.2. The monoisotopic (exact) mass is 257 g/mol. The number of hydrogen-bond donors (Lipinski definition) is 1. The first-order chi connectivity index (χ1) is 8.74. The van der Waals surface area contributed by atoms with Gasteiger partial charge in [-0.3, -0.25) is 0 Å². The molecule has 108 valence electrons. The minimum absolute atomic E-state index is 0.501. The first-order valence-corrected chi connectivity index (χ1v) is 7.64. The molecule has 1 N–H and O–H groups in total. The molecule has 0 amide bonds. The quantitative estimate of drug-likeness (QED) is 0.644. The zero-order chi connectivity index (χ0) is 13.2. The first kappa shape index (κ1) is 15.9. The highest BCUT2D eigenvalue weighted by Crippen LogP contribution is 2.30. The highest BCUT2D eigenvalue weighted by atomic mass is 16.5. The molecule has 0 aliphatic heterocycles. The van der Waals surface area contributed by atoms with Crippen LogP contribution in [0.5, 0.6) is 0 Å². The summed E-state index contributed by atoms with van der Waals surface area (Å²) >= 11 is 0. The van der Waals surface area contributed by atoms with Crippen molar-refractivity contribution in [3.8, 4) is 0 Å². The van der Waals surface area contributed by atoms with E-state index in [0.717, 1.165) is 51.2 Å². The van der Waals surface area contributed by atoms with E-state index in [-0.39, 0.29) is 0 Å². The zero-order valence-corrected chi connectivity index (χ0v) is 12.4. The van der Waals surface area contributed by atoms with Gasteiger partial charge in [0.15, 0.2) is 0 Å². The first-order valence-electron chi connectivity index (χ1n) is 7.64. The van der Waals surface area contributed by atoms with E-state index < -0.39 is 0 Å². The normalized spacial score (nSPS) is 28.5. The minimum Gasteiger partial charge on any atom is -0.382 e. The molecule has 0 bridgehead atoms. The summed E-state index contributed by atoms with van der Waals surface area (Å²) in [6.07, 6.45) is 5.40. The molecule has 0 heterocycles. The Balaban J connectivity index is 1.89. The fraction of sp³-hybridized carbons (Fsp3) is 1.00. The molecule has 0 aromatic carbocycles. The van der Waals surface area contributed by atoms with Crippen LogP contribution in [0, 0.1) is 11.8 Å². The van der Waals surface area contributed by atoms with Crippen molar-refractivity contribution in [3.05, 3.63) is 0 Å². The van der Waals surface area contributed by atoms with Crippen LogP contribution in [-0.2, 0) is 9.47 Å². The third-order valence-corrected chi connectivity index (χ3v) is 4.03. The van der Waals surface area contributed by atoms with Gasteiger partial charge in [-0.1, -0.05) is 13.8 Å². The van der Waals surface area contributed by atoms with E-state index in [4.69, 9.17) is 9.47 Å². The lowest BCUT2D eigenvalue weighted by Gasteiger charge is -2.32. The fourth-order valence-electron chi connectivity index (χ4n) is 2.52. The summed E-state index contributed by atoms with van der Waals surface area (Å²) in [4.78, 5) is 0. The largest absolute Gasteiger partial charge is 0.382 e. The third kappa shape index (κ3) is 6.72. The Morgan fingerprint density at radius 1 is 1.06 bits per heavy atom. The molecule has 18 heavy (non-hydrogen) atoms. The van der Waals surface area contributed by atoms with Crippen LogP contribution in [0.15, 0.2) is 0 Å². The lowest BCUT2D eigenvalue weighted by atomic mass is 9.80. The van der Waals surface area contributed by atoms with Crippen molar-refractivity contribution in [3.63, 3.8) is 0 Å². The molecule has 1 aliphatic carbocycles. The molecule has 3 atom stereocenters. The van der Waals surface area contributed by atoms with Crippen molar-refractivity contribution in [1.29, 1.82) is 0 Å². The van der Waals surface area contributed by atoms with Crippen LogP contribution in [0.2, 0.25) is 0 Å². The predicted octanol–water partition coefficient (Wildman–Crippen LogP) is 2.84. The van der Waals surface area contributed by atoms with E-state index in [9.17, 15) is 0 Å². The minimum atomic E-state index is 0.501. The molecule has 1 fully saturated rings. The predicted molar refractivity (Wildman–Crippen MR) is 75.9 cm³/mol. The Bertz CT molecular complexity index is 199. The van der Waals surface area contributed by atoms with Gasteiger partial charge in [-0.25, -0.2) is 0 Å². The second-order valence-electron chi connectivity index (χ2n) is 5.56. The third-order valence-electron chi connectivity index (χ3n) is 4.03. The molecule has 0 saturated heterocycles. The van der Waals surface area contributed by atoms with Crippen LogP contribution in [0.25, 0.3) is 0 Å². The van der Waals surface area contributed by atoms with Crippen LogP contribution in [0.3, 0.4) is 0 Å². The Morgan fingerprint density at radius 3 is 2.61 bits per heavy atom. The lowest BCUT2D eigenvalue weighted by molar-refractivity contribution is 0.00422. The summed E-state index contributed by atoms with van der Waals surface area (Å²) in [7, 11) is 0. The van der Waals surface area contributed by atoms with Crippen LogP contribution in [-0.4, -0.2) is 39.0 Å². The Hall–Kier alpha value is -0.120. The van der Waals surface area contributed by atoms with Crippen LogP contribution >= 0.6 is 0 Å². The van der Waals surface area contributed by atoms with Crippen LogP contribution in [0.4, 0.5) is 0 Å². The molecule has 0 aromatic rings. The van der Waals surface area contributed by atoms with Crippen molar-refractivity contribution in [2.45, 2.75) is 52.6 Å². The number of rotatable bonds is 9. The Labute approximate surface area is 113 Å². The van der Waals surface area contributed by atoms with E-state index in [1.54, 1.807) is 0 Å². The molecule has 0 radical (unpaired) electrons. The van der Waals surface area contributed by atoms with E-state index in [2.05, 4.69) is 19.2 Å². The van der Waals surface area contributed by atoms with Gasteiger partial charge in [0.05, 0.1) is 12.7 Å². The van der Waals surface area contributed by atoms with E-state index in [0.29, 0.717) is 6.10 Å². The Morgan fingerprint density at radius 2 is 1.89 bits per heavy atom. The topological polar surface area (TPSA) is 30.5 Å². The smallest absolute Gasteiger partial charge is 0.0594 e. The highest BCUT2D eigenvalue weighted by molar-refractivity contribution is 4.75. The number of nitrogens with one attached hydrogen (secondary N) is 1. The van der Waals surface area contributed by atoms with Gasteiger partial charge < -0.3 is 14.8 Å².